The van der Waals surface area contributed by atoms with E-state index in [0.29, 0.717) is 22.4 Å². The third-order valence-electron chi connectivity index (χ3n) is 3.78. The average Bonchev–Trinajstić information content (AvgIpc) is 2.83. The van der Waals surface area contributed by atoms with Crippen molar-refractivity contribution < 1.29 is 4.52 Å². The van der Waals surface area contributed by atoms with E-state index in [1.807, 2.05) is 0 Å². The SMILES string of the molecule is NC1CCCCCC1c1nc(-c2ccc(Cl)cn2)no1. The van der Waals surface area contributed by atoms with Gasteiger partial charge in [0.25, 0.3) is 0 Å². The van der Waals surface area contributed by atoms with Gasteiger partial charge in [0.15, 0.2) is 0 Å². The van der Waals surface area contributed by atoms with Crippen molar-refractivity contribution >= 4 is 11.6 Å². The van der Waals surface area contributed by atoms with Gasteiger partial charge < -0.3 is 10.3 Å². The minimum Gasteiger partial charge on any atom is -0.339 e. The minimum absolute atomic E-state index is 0.101. The van der Waals surface area contributed by atoms with Crippen molar-refractivity contribution in [3.8, 4) is 11.5 Å². The quantitative estimate of drug-likeness (QED) is 0.860. The predicted molar refractivity (Wildman–Crippen MR) is 76.3 cm³/mol. The number of pyridine rings is 1. The molecule has 1 fully saturated rings. The Morgan fingerprint density at radius 3 is 2.85 bits per heavy atom. The summed E-state index contributed by atoms with van der Waals surface area (Å²) in [6, 6.07) is 3.64. The largest absolute Gasteiger partial charge is 0.339 e. The maximum atomic E-state index is 6.22. The van der Waals surface area contributed by atoms with E-state index >= 15 is 0 Å². The molecule has 2 heterocycles. The van der Waals surface area contributed by atoms with Crippen LogP contribution in [0.25, 0.3) is 11.5 Å². The first-order chi connectivity index (χ1) is 9.74. The molecule has 20 heavy (non-hydrogen) atoms. The fourth-order valence-electron chi connectivity index (χ4n) is 2.64. The molecule has 0 saturated heterocycles. The Balaban J connectivity index is 1.83. The van der Waals surface area contributed by atoms with Crippen LogP contribution in [0.15, 0.2) is 22.9 Å². The van der Waals surface area contributed by atoms with Gasteiger partial charge in [-0.2, -0.15) is 4.98 Å². The van der Waals surface area contributed by atoms with E-state index in [2.05, 4.69) is 15.1 Å². The van der Waals surface area contributed by atoms with Gasteiger partial charge in [-0.25, -0.2) is 0 Å². The molecule has 0 aromatic carbocycles. The Kier molecular flexibility index (Phi) is 3.98. The van der Waals surface area contributed by atoms with Crippen LogP contribution in [-0.2, 0) is 0 Å². The molecule has 3 rings (SSSR count). The average molecular weight is 293 g/mol. The number of hydrogen-bond acceptors (Lipinski definition) is 5. The zero-order valence-electron chi connectivity index (χ0n) is 11.1. The highest BCUT2D eigenvalue weighted by Crippen LogP contribution is 2.30. The molecule has 6 heteroatoms. The lowest BCUT2D eigenvalue weighted by Gasteiger charge is -2.16. The highest BCUT2D eigenvalue weighted by atomic mass is 35.5. The molecule has 0 spiro atoms. The van der Waals surface area contributed by atoms with Crippen LogP contribution in [0.3, 0.4) is 0 Å². The van der Waals surface area contributed by atoms with Crippen LogP contribution in [0.2, 0.25) is 5.02 Å². The number of rotatable bonds is 2. The second-order valence-electron chi connectivity index (χ2n) is 5.23. The molecular formula is C14H17ClN4O. The van der Waals surface area contributed by atoms with Gasteiger partial charge in [-0.1, -0.05) is 36.0 Å². The van der Waals surface area contributed by atoms with Crippen LogP contribution in [0, 0.1) is 0 Å². The summed E-state index contributed by atoms with van der Waals surface area (Å²) < 4.78 is 5.40. The van der Waals surface area contributed by atoms with Gasteiger partial charge in [0.05, 0.1) is 10.9 Å². The fraction of sp³-hybridized carbons (Fsp3) is 0.500. The maximum Gasteiger partial charge on any atom is 0.231 e. The summed E-state index contributed by atoms with van der Waals surface area (Å²) in [6.45, 7) is 0. The van der Waals surface area contributed by atoms with Crippen LogP contribution >= 0.6 is 11.6 Å². The third kappa shape index (κ3) is 2.83. The number of hydrogen-bond donors (Lipinski definition) is 1. The molecule has 2 atom stereocenters. The molecule has 0 amide bonds. The van der Waals surface area contributed by atoms with Crippen molar-refractivity contribution in [2.24, 2.45) is 5.73 Å². The van der Waals surface area contributed by atoms with Gasteiger partial charge in [0, 0.05) is 12.2 Å². The Labute approximate surface area is 122 Å². The van der Waals surface area contributed by atoms with Crippen LogP contribution in [0.5, 0.6) is 0 Å². The number of nitrogens with two attached hydrogens (primary N) is 1. The summed E-state index contributed by atoms with van der Waals surface area (Å²) in [4.78, 5) is 8.66. The van der Waals surface area contributed by atoms with Gasteiger partial charge in [-0.05, 0) is 25.0 Å². The molecule has 2 N–H and O–H groups in total. The fourth-order valence-corrected chi connectivity index (χ4v) is 2.75. The van der Waals surface area contributed by atoms with E-state index in [-0.39, 0.29) is 12.0 Å². The van der Waals surface area contributed by atoms with Gasteiger partial charge >= 0.3 is 0 Å². The number of aromatic nitrogens is 3. The molecule has 1 saturated carbocycles. The van der Waals surface area contributed by atoms with E-state index in [9.17, 15) is 0 Å². The molecule has 1 aliphatic rings. The summed E-state index contributed by atoms with van der Waals surface area (Å²) in [6.07, 6.45) is 7.17. The molecular weight excluding hydrogens is 276 g/mol. The van der Waals surface area contributed by atoms with Gasteiger partial charge in [-0.3, -0.25) is 4.98 Å². The van der Waals surface area contributed by atoms with Crippen molar-refractivity contribution in [2.75, 3.05) is 0 Å². The zero-order chi connectivity index (χ0) is 13.9. The number of halogens is 1. The highest BCUT2D eigenvalue weighted by molar-refractivity contribution is 6.30. The molecule has 2 aromatic rings. The Morgan fingerprint density at radius 2 is 2.05 bits per heavy atom. The zero-order valence-corrected chi connectivity index (χ0v) is 11.9. The molecule has 2 aromatic heterocycles. The van der Waals surface area contributed by atoms with Crippen molar-refractivity contribution in [3.05, 3.63) is 29.2 Å². The topological polar surface area (TPSA) is 77.8 Å². The van der Waals surface area contributed by atoms with E-state index in [1.54, 1.807) is 18.3 Å². The van der Waals surface area contributed by atoms with Crippen LogP contribution in [0.4, 0.5) is 0 Å². The van der Waals surface area contributed by atoms with Crippen LogP contribution in [-0.4, -0.2) is 21.2 Å². The molecule has 2 unspecified atom stereocenters. The van der Waals surface area contributed by atoms with Crippen LogP contribution < -0.4 is 5.73 Å². The standard InChI is InChI=1S/C14H17ClN4O/c15-9-6-7-12(17-8-9)13-18-14(20-19-13)10-4-2-1-3-5-11(10)16/h6-8,10-11H,1-5,16H2. The molecule has 0 aliphatic heterocycles. The van der Waals surface area contributed by atoms with E-state index in [4.69, 9.17) is 21.9 Å². The highest BCUT2D eigenvalue weighted by Gasteiger charge is 2.27. The van der Waals surface area contributed by atoms with E-state index in [0.717, 1.165) is 19.3 Å². The lowest BCUT2D eigenvalue weighted by atomic mass is 9.95. The summed E-state index contributed by atoms with van der Waals surface area (Å²) in [5.41, 5.74) is 6.88. The molecule has 1 aliphatic carbocycles. The first-order valence-electron chi connectivity index (χ1n) is 6.95. The van der Waals surface area contributed by atoms with Gasteiger partial charge in [-0.15, -0.1) is 0 Å². The Hall–Kier alpha value is -1.46. The summed E-state index contributed by atoms with van der Waals surface area (Å²) in [5, 5.41) is 4.60. The van der Waals surface area contributed by atoms with Crippen molar-refractivity contribution in [2.45, 2.75) is 44.1 Å². The lowest BCUT2D eigenvalue weighted by Crippen LogP contribution is -2.27. The first kappa shape index (κ1) is 13.5. The Morgan fingerprint density at radius 1 is 1.20 bits per heavy atom. The molecule has 106 valence electrons. The normalized spacial score (nSPS) is 23.5. The van der Waals surface area contributed by atoms with Crippen LogP contribution in [0.1, 0.15) is 43.9 Å². The second kappa shape index (κ2) is 5.89. The molecule has 5 nitrogen and oxygen atoms in total. The van der Waals surface area contributed by atoms with E-state index in [1.165, 1.54) is 12.8 Å². The minimum atomic E-state index is 0.101. The lowest BCUT2D eigenvalue weighted by molar-refractivity contribution is 0.326. The summed E-state index contributed by atoms with van der Waals surface area (Å²) >= 11 is 5.82. The maximum absolute atomic E-state index is 6.22. The van der Waals surface area contributed by atoms with Crippen molar-refractivity contribution in [1.82, 2.24) is 15.1 Å². The predicted octanol–water partition coefficient (Wildman–Crippen LogP) is 3.16. The third-order valence-corrected chi connectivity index (χ3v) is 4.01. The van der Waals surface area contributed by atoms with Gasteiger partial charge in [0.1, 0.15) is 5.69 Å². The summed E-state index contributed by atoms with van der Waals surface area (Å²) in [7, 11) is 0. The molecule has 0 bridgehead atoms. The number of nitrogens with zero attached hydrogens (tertiary/aromatic N) is 3. The monoisotopic (exact) mass is 292 g/mol. The van der Waals surface area contributed by atoms with Gasteiger partial charge in [0.2, 0.25) is 11.7 Å². The van der Waals surface area contributed by atoms with Crippen molar-refractivity contribution in [3.63, 3.8) is 0 Å². The molecule has 0 radical (unpaired) electrons. The Bertz CT molecular complexity index is 569. The van der Waals surface area contributed by atoms with Crippen molar-refractivity contribution in [1.29, 1.82) is 0 Å². The second-order valence-corrected chi connectivity index (χ2v) is 5.66. The first-order valence-corrected chi connectivity index (χ1v) is 7.33. The van der Waals surface area contributed by atoms with E-state index < -0.39 is 0 Å². The smallest absolute Gasteiger partial charge is 0.231 e. The summed E-state index contributed by atoms with van der Waals surface area (Å²) in [5.74, 6) is 1.28.